The number of methoxy groups -OCH3 is 2. The van der Waals surface area contributed by atoms with Crippen molar-refractivity contribution < 1.29 is 23.9 Å². The van der Waals surface area contributed by atoms with Crippen LogP contribution >= 0.6 is 0 Å². The molecule has 1 rings (SSSR count). The maximum absolute atomic E-state index is 11.4. The maximum Gasteiger partial charge on any atom is 0.338 e. The van der Waals surface area contributed by atoms with E-state index in [1.807, 2.05) is 0 Å². The normalized spacial score (nSPS) is 9.72. The van der Waals surface area contributed by atoms with E-state index in [1.165, 1.54) is 20.3 Å². The Morgan fingerprint density at radius 3 is 2.50 bits per heavy atom. The minimum absolute atomic E-state index is 0.0190. The highest BCUT2D eigenvalue weighted by Gasteiger charge is 2.24. The highest BCUT2D eigenvalue weighted by atomic mass is 16.6. The number of benzene rings is 1. The lowest BCUT2D eigenvalue weighted by Gasteiger charge is -2.10. The number of esters is 1. The van der Waals surface area contributed by atoms with Crippen LogP contribution in [0.2, 0.25) is 0 Å². The summed E-state index contributed by atoms with van der Waals surface area (Å²) >= 11 is 0. The highest BCUT2D eigenvalue weighted by molar-refractivity contribution is 5.91. The number of carbonyl (C=O) groups is 1. The highest BCUT2D eigenvalue weighted by Crippen LogP contribution is 2.38. The minimum atomic E-state index is -0.679. The van der Waals surface area contributed by atoms with Crippen molar-refractivity contribution in [1.82, 2.24) is 0 Å². The second kappa shape index (κ2) is 5.85. The summed E-state index contributed by atoms with van der Waals surface area (Å²) in [7, 11) is 2.49. The SMILES string of the molecule is CCOc1cc(C(=O)OC)cc([N+](=O)[O-])c1OC. The number of nitro benzene ring substituents is 1. The van der Waals surface area contributed by atoms with Crippen molar-refractivity contribution in [2.75, 3.05) is 20.8 Å². The molecule has 1 aromatic rings. The molecule has 0 atom stereocenters. The molecule has 0 saturated heterocycles. The number of carbonyl (C=O) groups excluding carboxylic acids is 1. The standard InChI is InChI=1S/C11H13NO6/c1-4-18-9-6-7(11(13)17-3)5-8(12(14)15)10(9)16-2/h5-6H,4H2,1-3H3. The van der Waals surface area contributed by atoms with Gasteiger partial charge < -0.3 is 14.2 Å². The molecule has 0 aromatic heterocycles. The van der Waals surface area contributed by atoms with Gasteiger partial charge in [-0.1, -0.05) is 0 Å². The second-order valence-electron chi connectivity index (χ2n) is 3.21. The van der Waals surface area contributed by atoms with Gasteiger partial charge in [-0.05, 0) is 13.0 Å². The third-order valence-corrected chi connectivity index (χ3v) is 2.16. The van der Waals surface area contributed by atoms with E-state index in [9.17, 15) is 14.9 Å². The molecule has 1 aromatic carbocycles. The summed E-state index contributed by atoms with van der Waals surface area (Å²) in [5.74, 6) is -0.564. The topological polar surface area (TPSA) is 87.9 Å². The minimum Gasteiger partial charge on any atom is -0.490 e. The Labute approximate surface area is 103 Å². The fourth-order valence-corrected chi connectivity index (χ4v) is 1.43. The van der Waals surface area contributed by atoms with E-state index in [4.69, 9.17) is 9.47 Å². The molecule has 0 spiro atoms. The third kappa shape index (κ3) is 2.68. The predicted molar refractivity (Wildman–Crippen MR) is 62.2 cm³/mol. The number of ether oxygens (including phenoxy) is 3. The average Bonchev–Trinajstić information content (AvgIpc) is 2.37. The third-order valence-electron chi connectivity index (χ3n) is 2.16. The molecule has 0 aliphatic rings. The van der Waals surface area contributed by atoms with Crippen LogP contribution in [-0.2, 0) is 4.74 Å². The molecule has 0 radical (unpaired) electrons. The Bertz CT molecular complexity index is 471. The molecule has 0 aliphatic carbocycles. The lowest BCUT2D eigenvalue weighted by molar-refractivity contribution is -0.385. The number of nitrogens with zero attached hydrogens (tertiary/aromatic N) is 1. The first-order valence-electron chi connectivity index (χ1n) is 5.12. The summed E-state index contributed by atoms with van der Waals surface area (Å²) in [6.45, 7) is 2.01. The van der Waals surface area contributed by atoms with E-state index in [-0.39, 0.29) is 29.4 Å². The van der Waals surface area contributed by atoms with Crippen molar-refractivity contribution in [1.29, 1.82) is 0 Å². The summed E-state index contributed by atoms with van der Waals surface area (Å²) in [5, 5.41) is 10.9. The predicted octanol–water partition coefficient (Wildman–Crippen LogP) is 1.79. The fourth-order valence-electron chi connectivity index (χ4n) is 1.43. The zero-order valence-corrected chi connectivity index (χ0v) is 10.3. The molecule has 0 unspecified atom stereocenters. The Morgan fingerprint density at radius 1 is 1.39 bits per heavy atom. The van der Waals surface area contributed by atoms with Crippen molar-refractivity contribution in [3.63, 3.8) is 0 Å². The lowest BCUT2D eigenvalue weighted by Crippen LogP contribution is -2.06. The van der Waals surface area contributed by atoms with E-state index >= 15 is 0 Å². The van der Waals surface area contributed by atoms with Gasteiger partial charge in [-0.3, -0.25) is 10.1 Å². The monoisotopic (exact) mass is 255 g/mol. The van der Waals surface area contributed by atoms with Gasteiger partial charge in [0.15, 0.2) is 5.75 Å². The summed E-state index contributed by atoms with van der Waals surface area (Å²) in [6.07, 6.45) is 0. The average molecular weight is 255 g/mol. The van der Waals surface area contributed by atoms with Crippen LogP contribution in [0.3, 0.4) is 0 Å². The molecular formula is C11H13NO6. The zero-order valence-electron chi connectivity index (χ0n) is 10.3. The summed E-state index contributed by atoms with van der Waals surface area (Å²) in [5.41, 5.74) is -0.308. The molecule has 0 amide bonds. The van der Waals surface area contributed by atoms with Gasteiger partial charge in [-0.25, -0.2) is 4.79 Å². The van der Waals surface area contributed by atoms with E-state index < -0.39 is 10.9 Å². The van der Waals surface area contributed by atoms with Crippen LogP contribution in [0.5, 0.6) is 11.5 Å². The van der Waals surface area contributed by atoms with Crippen LogP contribution < -0.4 is 9.47 Å². The van der Waals surface area contributed by atoms with Gasteiger partial charge in [0, 0.05) is 6.07 Å². The molecule has 0 N–H and O–H groups in total. The number of hydrogen-bond acceptors (Lipinski definition) is 6. The molecule has 0 aliphatic heterocycles. The maximum atomic E-state index is 11.4. The van der Waals surface area contributed by atoms with Gasteiger partial charge in [0.2, 0.25) is 5.75 Å². The van der Waals surface area contributed by atoms with Gasteiger partial charge >= 0.3 is 11.7 Å². The zero-order chi connectivity index (χ0) is 13.7. The number of nitro groups is 1. The first-order chi connectivity index (χ1) is 8.54. The summed E-state index contributed by atoms with van der Waals surface area (Å²) in [6, 6.07) is 2.44. The molecular weight excluding hydrogens is 242 g/mol. The Morgan fingerprint density at radius 2 is 2.06 bits per heavy atom. The molecule has 0 saturated carbocycles. The van der Waals surface area contributed by atoms with E-state index in [0.717, 1.165) is 6.07 Å². The molecule has 0 heterocycles. The first kappa shape index (κ1) is 13.8. The van der Waals surface area contributed by atoms with E-state index in [1.54, 1.807) is 6.92 Å². The smallest absolute Gasteiger partial charge is 0.338 e. The van der Waals surface area contributed by atoms with Crippen LogP contribution in [0, 0.1) is 10.1 Å². The van der Waals surface area contributed by atoms with E-state index in [0.29, 0.717) is 0 Å². The molecule has 18 heavy (non-hydrogen) atoms. The number of hydrogen-bond donors (Lipinski definition) is 0. The quantitative estimate of drug-likeness (QED) is 0.452. The Kier molecular flexibility index (Phi) is 4.47. The van der Waals surface area contributed by atoms with Crippen molar-refractivity contribution in [2.45, 2.75) is 6.92 Å². The lowest BCUT2D eigenvalue weighted by atomic mass is 10.1. The Hall–Kier alpha value is -2.31. The summed E-state index contributed by atoms with van der Waals surface area (Å²) in [4.78, 5) is 21.7. The van der Waals surface area contributed by atoms with Gasteiger partial charge in [0.1, 0.15) is 0 Å². The molecule has 7 nitrogen and oxygen atoms in total. The largest absolute Gasteiger partial charge is 0.490 e. The second-order valence-corrected chi connectivity index (χ2v) is 3.21. The summed E-state index contributed by atoms with van der Waals surface area (Å²) < 4.78 is 14.7. The van der Waals surface area contributed by atoms with Crippen molar-refractivity contribution >= 4 is 11.7 Å². The van der Waals surface area contributed by atoms with Gasteiger partial charge in [-0.2, -0.15) is 0 Å². The first-order valence-corrected chi connectivity index (χ1v) is 5.12. The van der Waals surface area contributed by atoms with E-state index in [2.05, 4.69) is 4.74 Å². The van der Waals surface area contributed by atoms with Crippen LogP contribution in [0.25, 0.3) is 0 Å². The van der Waals surface area contributed by atoms with Gasteiger partial charge in [-0.15, -0.1) is 0 Å². The van der Waals surface area contributed by atoms with Crippen LogP contribution in [0.15, 0.2) is 12.1 Å². The van der Waals surface area contributed by atoms with Gasteiger partial charge in [0.25, 0.3) is 0 Å². The van der Waals surface area contributed by atoms with Crippen LogP contribution in [0.1, 0.15) is 17.3 Å². The van der Waals surface area contributed by atoms with Crippen molar-refractivity contribution in [2.24, 2.45) is 0 Å². The Balaban J connectivity index is 3.43. The number of rotatable bonds is 5. The van der Waals surface area contributed by atoms with Crippen LogP contribution in [0.4, 0.5) is 5.69 Å². The molecule has 0 bridgehead atoms. The van der Waals surface area contributed by atoms with Crippen LogP contribution in [-0.4, -0.2) is 31.7 Å². The van der Waals surface area contributed by atoms with Gasteiger partial charge in [0.05, 0.1) is 31.3 Å². The molecule has 98 valence electrons. The molecule has 7 heteroatoms. The van der Waals surface area contributed by atoms with Crippen molar-refractivity contribution in [3.8, 4) is 11.5 Å². The fraction of sp³-hybridized carbons (Fsp3) is 0.364. The molecule has 0 fully saturated rings. The van der Waals surface area contributed by atoms with Crippen molar-refractivity contribution in [3.05, 3.63) is 27.8 Å².